The third-order valence-corrected chi connectivity index (χ3v) is 4.74. The van der Waals surface area contributed by atoms with Gasteiger partial charge in [-0.25, -0.2) is 14.2 Å². The summed E-state index contributed by atoms with van der Waals surface area (Å²) in [6.07, 6.45) is 1.72. The first-order chi connectivity index (χ1) is 14.3. The van der Waals surface area contributed by atoms with Crippen molar-refractivity contribution in [1.29, 1.82) is 0 Å². The monoisotopic (exact) mass is 421 g/mol. The molecule has 2 rings (SSSR count). The second-order valence-corrected chi connectivity index (χ2v) is 6.99. The van der Waals surface area contributed by atoms with Gasteiger partial charge in [0.15, 0.2) is 0 Å². The van der Waals surface area contributed by atoms with Crippen LogP contribution in [0.3, 0.4) is 0 Å². The SMILES string of the molecule is COCCOC(=O)N1CC[C@@H](N/C=C(/C(N)=O)C(N)=Nc2ccc(F)cc2)[C@H](C)C1. The first kappa shape index (κ1) is 23.1. The fourth-order valence-corrected chi connectivity index (χ4v) is 3.04. The van der Waals surface area contributed by atoms with Gasteiger partial charge in [0.2, 0.25) is 0 Å². The number of likely N-dealkylation sites (tertiary alicyclic amines) is 1. The predicted octanol–water partition coefficient (Wildman–Crippen LogP) is 1.27. The van der Waals surface area contributed by atoms with Gasteiger partial charge >= 0.3 is 6.09 Å². The molecule has 164 valence electrons. The number of aliphatic imine (C=N–C) groups is 1. The van der Waals surface area contributed by atoms with Crippen molar-refractivity contribution in [1.82, 2.24) is 10.2 Å². The maximum absolute atomic E-state index is 13.0. The van der Waals surface area contributed by atoms with Crippen LogP contribution < -0.4 is 16.8 Å². The lowest BCUT2D eigenvalue weighted by Gasteiger charge is -2.36. The standard InChI is InChI=1S/C20H28FN5O4/c1-13-12-26(20(28)30-10-9-29-2)8-7-17(13)24-11-16(19(23)27)18(22)25-15-5-3-14(21)4-6-15/h3-6,11,13,17,24H,7-10,12H2,1-2H3,(H2,22,25)(H2,23,27)/b16-11+/t13-,17-/m1/s1. The number of carbonyl (C=O) groups excluding carboxylic acids is 2. The fraction of sp³-hybridized carbons (Fsp3) is 0.450. The highest BCUT2D eigenvalue weighted by atomic mass is 19.1. The second kappa shape index (κ2) is 11.1. The van der Waals surface area contributed by atoms with Crippen molar-refractivity contribution in [3.05, 3.63) is 41.9 Å². The quantitative estimate of drug-likeness (QED) is 0.251. The largest absolute Gasteiger partial charge is 0.447 e. The molecule has 5 N–H and O–H groups in total. The number of rotatable bonds is 8. The molecule has 2 amide bonds. The minimum Gasteiger partial charge on any atom is -0.447 e. The van der Waals surface area contributed by atoms with Gasteiger partial charge < -0.3 is 31.2 Å². The molecule has 0 aliphatic carbocycles. The number of methoxy groups -OCH3 is 1. The number of ether oxygens (including phenoxy) is 2. The Bertz CT molecular complexity index is 797. The molecule has 0 radical (unpaired) electrons. The Morgan fingerprint density at radius 2 is 2.00 bits per heavy atom. The topological polar surface area (TPSA) is 132 Å². The molecule has 0 bridgehead atoms. The number of hydrogen-bond acceptors (Lipinski definition) is 6. The Labute approximate surface area is 174 Å². The van der Waals surface area contributed by atoms with Crippen LogP contribution in [0.2, 0.25) is 0 Å². The van der Waals surface area contributed by atoms with Crippen molar-refractivity contribution >= 4 is 23.5 Å². The second-order valence-electron chi connectivity index (χ2n) is 6.99. The molecule has 1 aliphatic heterocycles. The van der Waals surface area contributed by atoms with Crippen LogP contribution in [-0.4, -0.2) is 62.2 Å². The molecule has 30 heavy (non-hydrogen) atoms. The van der Waals surface area contributed by atoms with Gasteiger partial charge in [-0.05, 0) is 36.6 Å². The number of carbonyl (C=O) groups is 2. The zero-order valence-corrected chi connectivity index (χ0v) is 17.1. The summed E-state index contributed by atoms with van der Waals surface area (Å²) in [5.74, 6) is -1.12. The minimum atomic E-state index is -0.738. The lowest BCUT2D eigenvalue weighted by molar-refractivity contribution is -0.114. The van der Waals surface area contributed by atoms with Gasteiger partial charge in [-0.2, -0.15) is 0 Å². The molecule has 1 heterocycles. The molecular weight excluding hydrogens is 393 g/mol. The number of benzene rings is 1. The van der Waals surface area contributed by atoms with Crippen LogP contribution in [0.1, 0.15) is 13.3 Å². The molecule has 2 atom stereocenters. The van der Waals surface area contributed by atoms with E-state index in [9.17, 15) is 14.0 Å². The summed E-state index contributed by atoms with van der Waals surface area (Å²) in [5, 5.41) is 3.16. The highest BCUT2D eigenvalue weighted by molar-refractivity contribution is 6.20. The van der Waals surface area contributed by atoms with Crippen LogP contribution >= 0.6 is 0 Å². The number of nitrogens with one attached hydrogen (secondary N) is 1. The minimum absolute atomic E-state index is 0.000922. The van der Waals surface area contributed by atoms with E-state index < -0.39 is 11.7 Å². The summed E-state index contributed by atoms with van der Waals surface area (Å²) in [6.45, 7) is 3.55. The molecule has 1 aromatic carbocycles. The average Bonchev–Trinajstić information content (AvgIpc) is 2.70. The van der Waals surface area contributed by atoms with Crippen LogP contribution in [0.25, 0.3) is 0 Å². The average molecular weight is 421 g/mol. The molecule has 0 spiro atoms. The van der Waals surface area contributed by atoms with E-state index in [1.165, 1.54) is 37.6 Å². The van der Waals surface area contributed by atoms with Crippen molar-refractivity contribution in [3.63, 3.8) is 0 Å². The molecule has 1 saturated heterocycles. The smallest absolute Gasteiger partial charge is 0.409 e. The van der Waals surface area contributed by atoms with Gasteiger partial charge in [0.05, 0.1) is 17.9 Å². The van der Waals surface area contributed by atoms with Gasteiger partial charge in [0.25, 0.3) is 5.91 Å². The molecule has 1 fully saturated rings. The van der Waals surface area contributed by atoms with Crippen molar-refractivity contribution in [2.24, 2.45) is 22.4 Å². The van der Waals surface area contributed by atoms with Crippen LogP contribution in [0, 0.1) is 11.7 Å². The normalized spacial score (nSPS) is 20.0. The summed E-state index contributed by atoms with van der Waals surface area (Å²) in [4.78, 5) is 29.6. The van der Waals surface area contributed by atoms with Gasteiger partial charge in [-0.3, -0.25) is 4.79 Å². The fourth-order valence-electron chi connectivity index (χ4n) is 3.04. The Kier molecular flexibility index (Phi) is 8.60. The van der Waals surface area contributed by atoms with Crippen LogP contribution in [0.15, 0.2) is 41.0 Å². The third kappa shape index (κ3) is 6.73. The van der Waals surface area contributed by atoms with E-state index in [4.69, 9.17) is 20.9 Å². The lowest BCUT2D eigenvalue weighted by atomic mass is 9.94. The number of hydrogen-bond donors (Lipinski definition) is 3. The summed E-state index contributed by atoms with van der Waals surface area (Å²) in [5.41, 5.74) is 11.8. The van der Waals surface area contributed by atoms with Crippen molar-refractivity contribution in [2.45, 2.75) is 19.4 Å². The Hall–Kier alpha value is -3.14. The zero-order chi connectivity index (χ0) is 22.1. The molecule has 0 aromatic heterocycles. The zero-order valence-electron chi connectivity index (χ0n) is 17.1. The molecule has 1 aliphatic rings. The lowest BCUT2D eigenvalue weighted by Crippen LogP contribution is -2.49. The Balaban J connectivity index is 1.99. The van der Waals surface area contributed by atoms with Gasteiger partial charge in [-0.15, -0.1) is 0 Å². The summed E-state index contributed by atoms with van der Waals surface area (Å²) >= 11 is 0. The van der Waals surface area contributed by atoms with E-state index in [1.54, 1.807) is 4.90 Å². The highest BCUT2D eigenvalue weighted by Gasteiger charge is 2.29. The van der Waals surface area contributed by atoms with E-state index in [-0.39, 0.29) is 36.1 Å². The van der Waals surface area contributed by atoms with E-state index in [0.717, 1.165) is 0 Å². The molecule has 0 saturated carbocycles. The number of nitrogens with two attached hydrogens (primary N) is 2. The van der Waals surface area contributed by atoms with Crippen LogP contribution in [0.5, 0.6) is 0 Å². The van der Waals surface area contributed by atoms with Gasteiger partial charge in [0, 0.05) is 32.4 Å². The number of amidine groups is 1. The maximum Gasteiger partial charge on any atom is 0.409 e. The van der Waals surface area contributed by atoms with E-state index in [0.29, 0.717) is 31.8 Å². The van der Waals surface area contributed by atoms with Crippen molar-refractivity contribution in [2.75, 3.05) is 33.4 Å². The number of amides is 2. The highest BCUT2D eigenvalue weighted by Crippen LogP contribution is 2.18. The summed E-state index contributed by atoms with van der Waals surface area (Å²) in [6, 6.07) is 5.37. The Morgan fingerprint density at radius 1 is 1.30 bits per heavy atom. The molecule has 1 aromatic rings. The summed E-state index contributed by atoms with van der Waals surface area (Å²) in [7, 11) is 1.54. The van der Waals surface area contributed by atoms with Crippen LogP contribution in [0.4, 0.5) is 14.9 Å². The maximum atomic E-state index is 13.0. The van der Waals surface area contributed by atoms with Gasteiger partial charge in [0.1, 0.15) is 18.3 Å². The first-order valence-corrected chi connectivity index (χ1v) is 9.58. The Morgan fingerprint density at radius 3 is 2.60 bits per heavy atom. The number of piperidine rings is 1. The predicted molar refractivity (Wildman–Crippen MR) is 110 cm³/mol. The molecule has 9 nitrogen and oxygen atoms in total. The number of primary amides is 1. The van der Waals surface area contributed by atoms with Gasteiger partial charge in [-0.1, -0.05) is 6.92 Å². The first-order valence-electron chi connectivity index (χ1n) is 9.58. The number of nitrogens with zero attached hydrogens (tertiary/aromatic N) is 2. The summed E-state index contributed by atoms with van der Waals surface area (Å²) < 4.78 is 23.0. The van der Waals surface area contributed by atoms with E-state index in [2.05, 4.69) is 10.3 Å². The molecule has 10 heteroatoms. The van der Waals surface area contributed by atoms with Crippen molar-refractivity contribution in [3.8, 4) is 0 Å². The van der Waals surface area contributed by atoms with Crippen molar-refractivity contribution < 1.29 is 23.5 Å². The third-order valence-electron chi connectivity index (χ3n) is 4.74. The molecular formula is C20H28FN5O4. The van der Waals surface area contributed by atoms with E-state index >= 15 is 0 Å². The van der Waals surface area contributed by atoms with Crippen LogP contribution in [-0.2, 0) is 14.3 Å². The molecule has 0 unspecified atom stereocenters. The van der Waals surface area contributed by atoms with E-state index in [1.807, 2.05) is 6.92 Å². The number of halogens is 1.